The van der Waals surface area contributed by atoms with E-state index in [0.29, 0.717) is 17.9 Å². The lowest BCUT2D eigenvalue weighted by Gasteiger charge is -2.01. The Bertz CT molecular complexity index is 435. The fraction of sp³-hybridized carbons (Fsp3) is 0.583. The number of carbonyl (C=O) groups excluding carboxylic acids is 2. The van der Waals surface area contributed by atoms with E-state index in [-0.39, 0.29) is 24.4 Å². The van der Waals surface area contributed by atoms with Gasteiger partial charge in [-0.1, -0.05) is 0 Å². The van der Waals surface area contributed by atoms with Gasteiger partial charge in [-0.3, -0.25) is 14.3 Å². The highest BCUT2D eigenvalue weighted by Crippen LogP contribution is 2.14. The molecule has 0 radical (unpaired) electrons. The van der Waals surface area contributed by atoms with Crippen molar-refractivity contribution in [1.82, 2.24) is 9.78 Å². The number of ether oxygens (including phenoxy) is 1. The number of aryl methyl sites for hydroxylation is 2. The SMILES string of the molecule is COCCC(=O)CC(=O)c1c(C)nn(C)c1C. The number of rotatable bonds is 6. The molecule has 1 heterocycles. The van der Waals surface area contributed by atoms with Gasteiger partial charge in [0.25, 0.3) is 0 Å². The van der Waals surface area contributed by atoms with Crippen LogP contribution in [0.3, 0.4) is 0 Å². The molecule has 0 amide bonds. The number of nitrogens with zero attached hydrogens (tertiary/aromatic N) is 2. The van der Waals surface area contributed by atoms with E-state index in [9.17, 15) is 9.59 Å². The van der Waals surface area contributed by atoms with Crippen LogP contribution >= 0.6 is 0 Å². The molecule has 5 nitrogen and oxygen atoms in total. The van der Waals surface area contributed by atoms with Gasteiger partial charge in [-0.25, -0.2) is 0 Å². The summed E-state index contributed by atoms with van der Waals surface area (Å²) >= 11 is 0. The number of ketones is 2. The van der Waals surface area contributed by atoms with Crippen molar-refractivity contribution in [1.29, 1.82) is 0 Å². The average Bonchev–Trinajstić information content (AvgIpc) is 2.50. The maximum atomic E-state index is 12.0. The Balaban J connectivity index is 2.73. The summed E-state index contributed by atoms with van der Waals surface area (Å²) in [7, 11) is 3.32. The third-order valence-electron chi connectivity index (χ3n) is 2.73. The summed E-state index contributed by atoms with van der Waals surface area (Å²) in [4.78, 5) is 23.4. The summed E-state index contributed by atoms with van der Waals surface area (Å²) < 4.78 is 6.46. The minimum Gasteiger partial charge on any atom is -0.384 e. The second kappa shape index (κ2) is 5.72. The molecule has 0 atom stereocenters. The van der Waals surface area contributed by atoms with Crippen LogP contribution in [0.4, 0.5) is 0 Å². The molecule has 0 bridgehead atoms. The number of methoxy groups -OCH3 is 1. The summed E-state index contributed by atoms with van der Waals surface area (Å²) in [5, 5.41) is 4.16. The van der Waals surface area contributed by atoms with Crippen molar-refractivity contribution in [2.75, 3.05) is 13.7 Å². The Hall–Kier alpha value is -1.49. The van der Waals surface area contributed by atoms with Crippen LogP contribution < -0.4 is 0 Å². The van der Waals surface area contributed by atoms with Gasteiger partial charge in [-0.15, -0.1) is 0 Å². The first-order valence-corrected chi connectivity index (χ1v) is 5.51. The molecule has 0 N–H and O–H groups in total. The molecule has 1 aromatic heterocycles. The van der Waals surface area contributed by atoms with Gasteiger partial charge < -0.3 is 4.74 Å². The molecular weight excluding hydrogens is 220 g/mol. The lowest BCUT2D eigenvalue weighted by molar-refractivity contribution is -0.119. The number of carbonyl (C=O) groups is 2. The number of hydrogen-bond acceptors (Lipinski definition) is 4. The average molecular weight is 238 g/mol. The zero-order valence-corrected chi connectivity index (χ0v) is 10.7. The van der Waals surface area contributed by atoms with Crippen molar-refractivity contribution in [3.63, 3.8) is 0 Å². The molecule has 0 aliphatic heterocycles. The smallest absolute Gasteiger partial charge is 0.173 e. The molecular formula is C12H18N2O3. The Morgan fingerprint density at radius 3 is 2.47 bits per heavy atom. The maximum absolute atomic E-state index is 12.0. The van der Waals surface area contributed by atoms with Gasteiger partial charge >= 0.3 is 0 Å². The molecule has 0 aliphatic carbocycles. The summed E-state index contributed by atoms with van der Waals surface area (Å²) in [6, 6.07) is 0. The summed E-state index contributed by atoms with van der Waals surface area (Å²) in [6.45, 7) is 3.96. The molecule has 1 aromatic rings. The summed E-state index contributed by atoms with van der Waals surface area (Å²) in [5.41, 5.74) is 2.04. The molecule has 0 aromatic carbocycles. The third-order valence-corrected chi connectivity index (χ3v) is 2.73. The molecule has 17 heavy (non-hydrogen) atoms. The van der Waals surface area contributed by atoms with Crippen LogP contribution in [0.15, 0.2) is 0 Å². The number of hydrogen-bond donors (Lipinski definition) is 0. The predicted octanol–water partition coefficient (Wildman–Crippen LogP) is 1.22. The highest BCUT2D eigenvalue weighted by Gasteiger charge is 2.19. The molecule has 94 valence electrons. The van der Waals surface area contributed by atoms with Crippen LogP contribution in [0.1, 0.15) is 34.6 Å². The lowest BCUT2D eigenvalue weighted by atomic mass is 10.0. The minimum absolute atomic E-state index is 0.0727. The number of Topliss-reactive ketones (excluding diaryl/α,β-unsaturated/α-hetero) is 2. The molecule has 5 heteroatoms. The van der Waals surface area contributed by atoms with E-state index in [1.54, 1.807) is 18.7 Å². The van der Waals surface area contributed by atoms with Crippen LogP contribution in [0.2, 0.25) is 0 Å². The van der Waals surface area contributed by atoms with Crippen LogP contribution in [0, 0.1) is 13.8 Å². The molecule has 0 unspecified atom stereocenters. The molecule has 0 aliphatic rings. The monoisotopic (exact) mass is 238 g/mol. The normalized spacial score (nSPS) is 10.6. The molecule has 0 saturated carbocycles. The van der Waals surface area contributed by atoms with Gasteiger partial charge in [-0.2, -0.15) is 5.10 Å². The first kappa shape index (κ1) is 13.6. The highest BCUT2D eigenvalue weighted by atomic mass is 16.5. The standard InChI is InChI=1S/C12H18N2O3/c1-8-12(9(2)14(3)13-8)11(16)7-10(15)5-6-17-4/h5-7H2,1-4H3. The van der Waals surface area contributed by atoms with E-state index in [1.807, 2.05) is 6.92 Å². The maximum Gasteiger partial charge on any atom is 0.173 e. The van der Waals surface area contributed by atoms with Crippen LogP contribution in [0.5, 0.6) is 0 Å². The quantitative estimate of drug-likeness (QED) is 0.552. The van der Waals surface area contributed by atoms with Crippen molar-refractivity contribution < 1.29 is 14.3 Å². The van der Waals surface area contributed by atoms with Crippen molar-refractivity contribution in [2.45, 2.75) is 26.7 Å². The summed E-state index contributed by atoms with van der Waals surface area (Å²) in [5.74, 6) is -0.256. The second-order valence-corrected chi connectivity index (χ2v) is 4.05. The van der Waals surface area contributed by atoms with Gasteiger partial charge in [0.1, 0.15) is 5.78 Å². The predicted molar refractivity (Wildman–Crippen MR) is 63.1 cm³/mol. The summed E-state index contributed by atoms with van der Waals surface area (Å²) in [6.07, 6.45) is 0.206. The lowest BCUT2D eigenvalue weighted by Crippen LogP contribution is -2.11. The topological polar surface area (TPSA) is 61.2 Å². The second-order valence-electron chi connectivity index (χ2n) is 4.05. The zero-order chi connectivity index (χ0) is 13.0. The Morgan fingerprint density at radius 2 is 2.00 bits per heavy atom. The fourth-order valence-corrected chi connectivity index (χ4v) is 1.75. The first-order valence-electron chi connectivity index (χ1n) is 5.51. The van der Waals surface area contributed by atoms with Crippen LogP contribution in [-0.2, 0) is 16.6 Å². The third kappa shape index (κ3) is 3.23. The molecule has 1 rings (SSSR count). The largest absolute Gasteiger partial charge is 0.384 e. The number of aromatic nitrogens is 2. The van der Waals surface area contributed by atoms with Crippen LogP contribution in [-0.4, -0.2) is 35.1 Å². The van der Waals surface area contributed by atoms with E-state index in [1.165, 1.54) is 7.11 Å². The zero-order valence-electron chi connectivity index (χ0n) is 10.7. The minimum atomic E-state index is -0.158. The van der Waals surface area contributed by atoms with Gasteiger partial charge in [0.2, 0.25) is 0 Å². The van der Waals surface area contributed by atoms with Gasteiger partial charge in [0.05, 0.1) is 24.3 Å². The fourth-order valence-electron chi connectivity index (χ4n) is 1.75. The van der Waals surface area contributed by atoms with Crippen molar-refractivity contribution in [3.8, 4) is 0 Å². The van der Waals surface area contributed by atoms with E-state index in [0.717, 1.165) is 5.69 Å². The van der Waals surface area contributed by atoms with Crippen LogP contribution in [0.25, 0.3) is 0 Å². The van der Waals surface area contributed by atoms with Gasteiger partial charge in [0.15, 0.2) is 5.78 Å². The Kier molecular flexibility index (Phi) is 4.57. The molecule has 0 saturated heterocycles. The van der Waals surface area contributed by atoms with Crippen molar-refractivity contribution >= 4 is 11.6 Å². The van der Waals surface area contributed by atoms with E-state index in [2.05, 4.69) is 5.10 Å². The Labute approximate surface area is 101 Å². The molecule has 0 spiro atoms. The van der Waals surface area contributed by atoms with E-state index in [4.69, 9.17) is 4.74 Å². The first-order chi connectivity index (χ1) is 7.97. The Morgan fingerprint density at radius 1 is 1.35 bits per heavy atom. The van der Waals surface area contributed by atoms with Gasteiger partial charge in [0, 0.05) is 26.3 Å². The van der Waals surface area contributed by atoms with Crippen molar-refractivity contribution in [2.24, 2.45) is 7.05 Å². The van der Waals surface area contributed by atoms with Crippen molar-refractivity contribution in [3.05, 3.63) is 17.0 Å². The van der Waals surface area contributed by atoms with E-state index >= 15 is 0 Å². The molecule has 0 fully saturated rings. The van der Waals surface area contributed by atoms with E-state index < -0.39 is 0 Å². The highest BCUT2D eigenvalue weighted by molar-refractivity contribution is 6.09. The van der Waals surface area contributed by atoms with Gasteiger partial charge in [-0.05, 0) is 13.8 Å².